The summed E-state index contributed by atoms with van der Waals surface area (Å²) in [5.41, 5.74) is 0.613. The van der Waals surface area contributed by atoms with Crippen molar-refractivity contribution in [2.45, 2.75) is 62.0 Å². The van der Waals surface area contributed by atoms with Gasteiger partial charge in [-0.1, -0.05) is 25.3 Å². The van der Waals surface area contributed by atoms with Gasteiger partial charge in [-0.15, -0.1) is 11.8 Å². The molecule has 2 amide bonds. The fourth-order valence-electron chi connectivity index (χ4n) is 4.87. The molecule has 2 aromatic heterocycles. The minimum absolute atomic E-state index is 0.141. The van der Waals surface area contributed by atoms with Gasteiger partial charge >= 0.3 is 0 Å². The molecular weight excluding hydrogens is 436 g/mol. The number of amides is 2. The van der Waals surface area contributed by atoms with Gasteiger partial charge in [0.2, 0.25) is 5.91 Å². The molecule has 1 aliphatic carbocycles. The zero-order chi connectivity index (χ0) is 23.0. The molecule has 0 saturated heterocycles. The fourth-order valence-corrected chi connectivity index (χ4v) is 5.32. The van der Waals surface area contributed by atoms with Crippen LogP contribution in [0.1, 0.15) is 49.5 Å². The van der Waals surface area contributed by atoms with Crippen LogP contribution >= 0.6 is 11.8 Å². The molecule has 1 N–H and O–H groups in total. The van der Waals surface area contributed by atoms with E-state index in [1.165, 1.54) is 6.42 Å². The molecule has 0 bridgehead atoms. The van der Waals surface area contributed by atoms with Crippen molar-refractivity contribution in [2.75, 3.05) is 11.2 Å². The summed E-state index contributed by atoms with van der Waals surface area (Å²) in [6, 6.07) is 13.3. The van der Waals surface area contributed by atoms with Gasteiger partial charge in [0.15, 0.2) is 5.76 Å². The van der Waals surface area contributed by atoms with Crippen molar-refractivity contribution in [3.63, 3.8) is 0 Å². The quantitative estimate of drug-likeness (QED) is 0.552. The third kappa shape index (κ3) is 3.97. The summed E-state index contributed by atoms with van der Waals surface area (Å²) in [6.45, 7) is 2.10. The van der Waals surface area contributed by atoms with Crippen LogP contribution in [0, 0.1) is 0 Å². The maximum atomic E-state index is 13.9. The molecule has 0 spiro atoms. The summed E-state index contributed by atoms with van der Waals surface area (Å²) >= 11 is 1.60. The van der Waals surface area contributed by atoms with Crippen molar-refractivity contribution in [1.29, 1.82) is 0 Å². The van der Waals surface area contributed by atoms with Crippen LogP contribution in [0.5, 0.6) is 0 Å². The lowest BCUT2D eigenvalue weighted by Gasteiger charge is -2.44. The Kier molecular flexibility index (Phi) is 5.78. The summed E-state index contributed by atoms with van der Waals surface area (Å²) < 4.78 is 7.14. The second-order valence-electron chi connectivity index (χ2n) is 8.97. The van der Waals surface area contributed by atoms with Crippen LogP contribution in [0.2, 0.25) is 0 Å². The van der Waals surface area contributed by atoms with Gasteiger partial charge in [0.05, 0.1) is 12.8 Å². The highest BCUT2D eigenvalue weighted by Crippen LogP contribution is 2.36. The highest BCUT2D eigenvalue weighted by atomic mass is 32.2. The lowest BCUT2D eigenvalue weighted by molar-refractivity contribution is -0.127. The molecule has 1 saturated carbocycles. The van der Waals surface area contributed by atoms with E-state index in [0.29, 0.717) is 22.8 Å². The number of hydrogen-bond acceptors (Lipinski definition) is 5. The van der Waals surface area contributed by atoms with Gasteiger partial charge in [-0.25, -0.2) is 0 Å². The molecule has 1 atom stereocenters. The second-order valence-corrected chi connectivity index (χ2v) is 9.85. The highest BCUT2D eigenvalue weighted by molar-refractivity contribution is 7.98. The largest absolute Gasteiger partial charge is 0.463 e. The average molecular weight is 465 g/mol. The van der Waals surface area contributed by atoms with E-state index in [1.54, 1.807) is 39.7 Å². The number of carbonyl (C=O) groups is 2. The number of rotatable bonds is 5. The standard InChI is InChI=1S/C25H28N4O3S/c1-25(24(31)26-17-8-4-3-5-9-17)16-28-21(15-20(27-28)22-12-7-13-32-22)23(30)29(25)18-10-6-11-19(14-18)33-2/h6-7,10-15,17H,3-5,8-9,16H2,1-2H3,(H,26,31)/t25-/m1/s1. The molecule has 3 aromatic rings. The van der Waals surface area contributed by atoms with E-state index < -0.39 is 5.54 Å². The number of carbonyl (C=O) groups excluding carboxylic acids is 2. The molecule has 1 aliphatic heterocycles. The number of thioether (sulfide) groups is 1. The Hall–Kier alpha value is -3.00. The topological polar surface area (TPSA) is 80.4 Å². The zero-order valence-electron chi connectivity index (χ0n) is 18.9. The number of fused-ring (bicyclic) bond motifs is 1. The maximum absolute atomic E-state index is 13.9. The number of aromatic nitrogens is 2. The summed E-state index contributed by atoms with van der Waals surface area (Å²) in [7, 11) is 0. The number of anilines is 1. The Morgan fingerprint density at radius 1 is 1.18 bits per heavy atom. The fraction of sp³-hybridized carbons (Fsp3) is 0.400. The van der Waals surface area contributed by atoms with Crippen LogP contribution in [0.25, 0.3) is 11.5 Å². The van der Waals surface area contributed by atoms with E-state index >= 15 is 0 Å². The summed E-state index contributed by atoms with van der Waals surface area (Å²) in [5, 5.41) is 7.87. The number of nitrogens with one attached hydrogen (secondary N) is 1. The number of furan rings is 1. The number of hydrogen-bond donors (Lipinski definition) is 1. The van der Waals surface area contributed by atoms with E-state index in [2.05, 4.69) is 10.4 Å². The Balaban J connectivity index is 1.57. The van der Waals surface area contributed by atoms with Crippen molar-refractivity contribution < 1.29 is 14.0 Å². The molecule has 172 valence electrons. The minimum atomic E-state index is -1.12. The summed E-state index contributed by atoms with van der Waals surface area (Å²) in [6.07, 6.45) is 8.99. The molecule has 33 heavy (non-hydrogen) atoms. The Morgan fingerprint density at radius 2 is 2.00 bits per heavy atom. The van der Waals surface area contributed by atoms with Crippen LogP contribution in [0.15, 0.2) is 58.0 Å². The smallest absolute Gasteiger partial charge is 0.277 e. The Labute approximate surface area is 197 Å². The molecule has 2 aliphatic rings. The van der Waals surface area contributed by atoms with E-state index in [-0.39, 0.29) is 24.4 Å². The SMILES string of the molecule is CSc1cccc(N2C(=O)c3cc(-c4ccco4)nn3C[C@]2(C)C(=O)NC2CCCCC2)c1. The van der Waals surface area contributed by atoms with Gasteiger partial charge in [-0.05, 0) is 56.4 Å². The third-order valence-corrected chi connectivity index (χ3v) is 7.39. The Morgan fingerprint density at radius 3 is 2.73 bits per heavy atom. The first kappa shape index (κ1) is 21.8. The molecule has 7 nitrogen and oxygen atoms in total. The molecule has 8 heteroatoms. The van der Waals surface area contributed by atoms with Gasteiger partial charge in [-0.2, -0.15) is 5.10 Å². The van der Waals surface area contributed by atoms with Crippen LogP contribution in [0.3, 0.4) is 0 Å². The maximum Gasteiger partial charge on any atom is 0.277 e. The first-order valence-corrected chi connectivity index (χ1v) is 12.6. The van der Waals surface area contributed by atoms with Gasteiger partial charge in [0.25, 0.3) is 5.91 Å². The average Bonchev–Trinajstić information content (AvgIpc) is 3.50. The molecule has 0 unspecified atom stereocenters. The van der Waals surface area contributed by atoms with Crippen molar-refractivity contribution in [3.05, 3.63) is 54.4 Å². The van der Waals surface area contributed by atoms with Gasteiger partial charge in [-0.3, -0.25) is 19.2 Å². The van der Waals surface area contributed by atoms with Gasteiger partial charge in [0.1, 0.15) is 16.9 Å². The second kappa shape index (κ2) is 8.74. The summed E-state index contributed by atoms with van der Waals surface area (Å²) in [4.78, 5) is 30.3. The van der Waals surface area contributed by atoms with Crippen LogP contribution in [-0.4, -0.2) is 39.4 Å². The third-order valence-electron chi connectivity index (χ3n) is 6.67. The lowest BCUT2D eigenvalue weighted by atomic mass is 9.91. The molecule has 5 rings (SSSR count). The molecular formula is C25H28N4O3S. The Bertz CT molecular complexity index is 1170. The highest BCUT2D eigenvalue weighted by Gasteiger charge is 2.49. The number of benzene rings is 1. The van der Waals surface area contributed by atoms with Crippen LogP contribution in [0.4, 0.5) is 5.69 Å². The van der Waals surface area contributed by atoms with E-state index in [1.807, 2.05) is 43.5 Å². The molecule has 1 aromatic carbocycles. The van der Waals surface area contributed by atoms with Crippen molar-refractivity contribution in [1.82, 2.24) is 15.1 Å². The number of nitrogens with zero attached hydrogens (tertiary/aromatic N) is 3. The predicted molar refractivity (Wildman–Crippen MR) is 128 cm³/mol. The zero-order valence-corrected chi connectivity index (χ0v) is 19.7. The van der Waals surface area contributed by atoms with Crippen molar-refractivity contribution in [2.24, 2.45) is 0 Å². The molecule has 0 radical (unpaired) electrons. The minimum Gasteiger partial charge on any atom is -0.463 e. The first-order valence-electron chi connectivity index (χ1n) is 11.4. The summed E-state index contributed by atoms with van der Waals surface area (Å²) in [5.74, 6) is 0.207. The van der Waals surface area contributed by atoms with Crippen LogP contribution in [-0.2, 0) is 11.3 Å². The van der Waals surface area contributed by atoms with E-state index in [0.717, 1.165) is 30.6 Å². The van der Waals surface area contributed by atoms with Crippen molar-refractivity contribution in [3.8, 4) is 11.5 Å². The van der Waals surface area contributed by atoms with Gasteiger partial charge < -0.3 is 9.73 Å². The lowest BCUT2D eigenvalue weighted by Crippen LogP contribution is -2.65. The monoisotopic (exact) mass is 464 g/mol. The van der Waals surface area contributed by atoms with E-state index in [4.69, 9.17) is 4.42 Å². The predicted octanol–water partition coefficient (Wildman–Crippen LogP) is 4.73. The van der Waals surface area contributed by atoms with Crippen LogP contribution < -0.4 is 10.2 Å². The van der Waals surface area contributed by atoms with Gasteiger partial charge in [0, 0.05) is 22.7 Å². The first-order chi connectivity index (χ1) is 16.0. The normalized spacial score (nSPS) is 21.2. The van der Waals surface area contributed by atoms with E-state index in [9.17, 15) is 9.59 Å². The molecule has 1 fully saturated rings. The molecule has 3 heterocycles. The van der Waals surface area contributed by atoms with Crippen molar-refractivity contribution >= 4 is 29.3 Å².